The molecular formula is C74H136O6. The lowest BCUT2D eigenvalue weighted by Crippen LogP contribution is -2.30. The van der Waals surface area contributed by atoms with Gasteiger partial charge in [-0.05, 0) is 77.0 Å². The van der Waals surface area contributed by atoms with Crippen LogP contribution in [0.5, 0.6) is 0 Å². The molecule has 1 atom stereocenters. The van der Waals surface area contributed by atoms with Gasteiger partial charge in [-0.2, -0.15) is 0 Å². The van der Waals surface area contributed by atoms with E-state index in [1.165, 1.54) is 257 Å². The number of carbonyl (C=O) groups is 3. The van der Waals surface area contributed by atoms with E-state index in [4.69, 9.17) is 14.2 Å². The van der Waals surface area contributed by atoms with Gasteiger partial charge in [0.1, 0.15) is 13.2 Å². The van der Waals surface area contributed by atoms with Crippen LogP contribution in [0.15, 0.2) is 48.6 Å². The van der Waals surface area contributed by atoms with Crippen LogP contribution in [0.4, 0.5) is 0 Å². The second-order valence-corrected chi connectivity index (χ2v) is 24.1. The van der Waals surface area contributed by atoms with Crippen molar-refractivity contribution in [1.29, 1.82) is 0 Å². The largest absolute Gasteiger partial charge is 0.462 e. The fourth-order valence-corrected chi connectivity index (χ4v) is 10.7. The van der Waals surface area contributed by atoms with E-state index >= 15 is 0 Å². The minimum absolute atomic E-state index is 0.0778. The van der Waals surface area contributed by atoms with Crippen LogP contribution < -0.4 is 0 Å². The first-order valence-corrected chi connectivity index (χ1v) is 35.6. The van der Waals surface area contributed by atoms with Crippen LogP contribution >= 0.6 is 0 Å². The maximum atomic E-state index is 12.9. The maximum Gasteiger partial charge on any atom is 0.306 e. The van der Waals surface area contributed by atoms with Crippen LogP contribution in [-0.4, -0.2) is 37.2 Å². The van der Waals surface area contributed by atoms with Crippen molar-refractivity contribution in [2.24, 2.45) is 0 Å². The molecule has 0 fully saturated rings. The van der Waals surface area contributed by atoms with E-state index in [-0.39, 0.29) is 31.1 Å². The Labute approximate surface area is 498 Å². The Kier molecular flexibility index (Phi) is 66.6. The zero-order valence-electron chi connectivity index (χ0n) is 53.9. The molecule has 0 aliphatic rings. The number of unbranched alkanes of at least 4 members (excludes halogenated alkanes) is 47. The molecule has 0 bridgehead atoms. The maximum absolute atomic E-state index is 12.9. The molecule has 0 aliphatic heterocycles. The van der Waals surface area contributed by atoms with Crippen LogP contribution in [0.25, 0.3) is 0 Å². The van der Waals surface area contributed by atoms with Gasteiger partial charge < -0.3 is 14.2 Å². The van der Waals surface area contributed by atoms with Crippen molar-refractivity contribution in [2.75, 3.05) is 13.2 Å². The first-order chi connectivity index (χ1) is 39.5. The van der Waals surface area contributed by atoms with E-state index in [0.29, 0.717) is 19.3 Å². The predicted octanol–water partition coefficient (Wildman–Crippen LogP) is 24.5. The van der Waals surface area contributed by atoms with Crippen molar-refractivity contribution >= 4 is 17.9 Å². The summed E-state index contributed by atoms with van der Waals surface area (Å²) in [5.41, 5.74) is 0. The molecule has 0 aromatic carbocycles. The van der Waals surface area contributed by atoms with E-state index in [0.717, 1.165) is 89.9 Å². The van der Waals surface area contributed by atoms with E-state index in [9.17, 15) is 14.4 Å². The summed E-state index contributed by atoms with van der Waals surface area (Å²) in [4.78, 5) is 38.3. The minimum Gasteiger partial charge on any atom is -0.462 e. The number of carbonyl (C=O) groups excluding carboxylic acids is 3. The van der Waals surface area contributed by atoms with Crippen molar-refractivity contribution in [3.05, 3.63) is 48.6 Å². The van der Waals surface area contributed by atoms with Gasteiger partial charge in [0.15, 0.2) is 6.10 Å². The third-order valence-electron chi connectivity index (χ3n) is 16.0. The molecular weight excluding hydrogens is 985 g/mol. The Bertz CT molecular complexity index is 1380. The molecule has 0 N–H and O–H groups in total. The highest BCUT2D eigenvalue weighted by atomic mass is 16.6. The topological polar surface area (TPSA) is 78.9 Å². The number of allylic oxidation sites excluding steroid dienone is 8. The van der Waals surface area contributed by atoms with E-state index in [1.54, 1.807) is 0 Å². The van der Waals surface area contributed by atoms with Crippen molar-refractivity contribution in [1.82, 2.24) is 0 Å². The fourth-order valence-electron chi connectivity index (χ4n) is 10.7. The highest BCUT2D eigenvalue weighted by Gasteiger charge is 2.19. The molecule has 0 aliphatic carbocycles. The first kappa shape index (κ1) is 77.4. The predicted molar refractivity (Wildman–Crippen MR) is 349 cm³/mol. The lowest BCUT2D eigenvalue weighted by molar-refractivity contribution is -0.167. The van der Waals surface area contributed by atoms with Gasteiger partial charge in [-0.15, -0.1) is 0 Å². The Morgan fingerprint density at radius 3 is 0.762 bits per heavy atom. The number of rotatable bonds is 66. The van der Waals surface area contributed by atoms with Crippen LogP contribution in [-0.2, 0) is 28.6 Å². The molecule has 468 valence electrons. The van der Waals surface area contributed by atoms with Crippen LogP contribution in [0.1, 0.15) is 387 Å². The number of hydrogen-bond donors (Lipinski definition) is 0. The molecule has 0 saturated heterocycles. The Balaban J connectivity index is 4.11. The van der Waals surface area contributed by atoms with Crippen LogP contribution in [0, 0.1) is 0 Å². The molecule has 0 radical (unpaired) electrons. The van der Waals surface area contributed by atoms with Gasteiger partial charge in [0, 0.05) is 19.3 Å². The fraction of sp³-hybridized carbons (Fsp3) is 0.851. The van der Waals surface area contributed by atoms with E-state index in [1.807, 2.05) is 0 Å². The zero-order chi connectivity index (χ0) is 57.8. The molecule has 80 heavy (non-hydrogen) atoms. The molecule has 0 aromatic rings. The molecule has 0 aromatic heterocycles. The standard InChI is InChI=1S/C74H136O6/c1-4-7-10-13-16-19-22-24-26-28-30-32-33-34-35-36-37-38-39-40-41-43-44-46-48-50-52-55-58-61-64-67-73(76)79-70-71(69-78-72(75)66-63-60-57-54-21-18-15-12-9-6-3)80-74(77)68-65-62-59-56-53-51-49-47-45-42-31-29-27-25-23-20-17-14-11-8-5-2/h12,15,23,25,29,31,45,47,71H,4-11,13-14,16-22,24,26-28,30,32-44,46,48-70H2,1-3H3/b15-12-,25-23-,31-29-,47-45-. The van der Waals surface area contributed by atoms with Crippen molar-refractivity contribution < 1.29 is 28.6 Å². The molecule has 0 spiro atoms. The Hall–Kier alpha value is -2.63. The highest BCUT2D eigenvalue weighted by Crippen LogP contribution is 2.19. The SMILES string of the molecule is CCC/C=C\CCCCCCCC(=O)OCC(COC(=O)CCCCCCCCCCCCCCCCCCCCCCCCCCCCCCCCC)OC(=O)CCCCCCCC/C=C\C/C=C\C/C=C\CCCCCCC. The Morgan fingerprint density at radius 1 is 0.250 bits per heavy atom. The van der Waals surface area contributed by atoms with Gasteiger partial charge in [-0.25, -0.2) is 0 Å². The third-order valence-corrected chi connectivity index (χ3v) is 16.0. The van der Waals surface area contributed by atoms with Gasteiger partial charge >= 0.3 is 17.9 Å². The molecule has 6 heteroatoms. The summed E-state index contributed by atoms with van der Waals surface area (Å²) in [6.45, 7) is 6.61. The van der Waals surface area contributed by atoms with Crippen LogP contribution in [0.2, 0.25) is 0 Å². The van der Waals surface area contributed by atoms with Crippen molar-refractivity contribution in [3.63, 3.8) is 0 Å². The van der Waals surface area contributed by atoms with Gasteiger partial charge in [0.25, 0.3) is 0 Å². The molecule has 0 heterocycles. The lowest BCUT2D eigenvalue weighted by Gasteiger charge is -2.18. The van der Waals surface area contributed by atoms with Crippen molar-refractivity contribution in [3.8, 4) is 0 Å². The second-order valence-electron chi connectivity index (χ2n) is 24.1. The quantitative estimate of drug-likeness (QED) is 0.0261. The smallest absolute Gasteiger partial charge is 0.306 e. The summed E-state index contributed by atoms with van der Waals surface area (Å²) in [5.74, 6) is -0.880. The minimum atomic E-state index is -0.783. The zero-order valence-corrected chi connectivity index (χ0v) is 53.9. The summed E-state index contributed by atoms with van der Waals surface area (Å²) in [5, 5.41) is 0. The Morgan fingerprint density at radius 2 is 0.475 bits per heavy atom. The normalized spacial score (nSPS) is 12.3. The van der Waals surface area contributed by atoms with Gasteiger partial charge in [0.2, 0.25) is 0 Å². The van der Waals surface area contributed by atoms with Crippen LogP contribution in [0.3, 0.4) is 0 Å². The molecule has 0 rings (SSSR count). The summed E-state index contributed by atoms with van der Waals surface area (Å²) in [6, 6.07) is 0. The number of ether oxygens (including phenoxy) is 3. The summed E-state index contributed by atoms with van der Waals surface area (Å²) >= 11 is 0. The monoisotopic (exact) mass is 1120 g/mol. The lowest BCUT2D eigenvalue weighted by atomic mass is 10.0. The second kappa shape index (κ2) is 68.9. The summed E-state index contributed by atoms with van der Waals surface area (Å²) in [7, 11) is 0. The first-order valence-electron chi connectivity index (χ1n) is 35.6. The third kappa shape index (κ3) is 66.2. The molecule has 0 amide bonds. The summed E-state index contributed by atoms with van der Waals surface area (Å²) < 4.78 is 16.9. The van der Waals surface area contributed by atoms with E-state index < -0.39 is 6.10 Å². The number of hydrogen-bond acceptors (Lipinski definition) is 6. The van der Waals surface area contributed by atoms with Gasteiger partial charge in [-0.3, -0.25) is 14.4 Å². The summed E-state index contributed by atoms with van der Waals surface area (Å²) in [6.07, 6.45) is 87.4. The highest BCUT2D eigenvalue weighted by molar-refractivity contribution is 5.71. The average molecular weight is 1120 g/mol. The number of esters is 3. The van der Waals surface area contributed by atoms with Gasteiger partial charge in [-0.1, -0.05) is 339 Å². The van der Waals surface area contributed by atoms with Crippen molar-refractivity contribution in [2.45, 2.75) is 393 Å². The molecule has 6 nitrogen and oxygen atoms in total. The van der Waals surface area contributed by atoms with E-state index in [2.05, 4.69) is 69.4 Å². The molecule has 0 saturated carbocycles. The van der Waals surface area contributed by atoms with Gasteiger partial charge in [0.05, 0.1) is 0 Å². The average Bonchev–Trinajstić information content (AvgIpc) is 3.46. The molecule has 1 unspecified atom stereocenters.